The minimum Gasteiger partial charge on any atom is -0.481 e. The van der Waals surface area contributed by atoms with Crippen LogP contribution in [-0.4, -0.2) is 40.4 Å². The second-order valence-corrected chi connectivity index (χ2v) is 4.15. The predicted molar refractivity (Wildman–Crippen MR) is 52.0 cm³/mol. The smallest absolute Gasteiger partial charge is 0.323 e. The van der Waals surface area contributed by atoms with Crippen LogP contribution in [0, 0.1) is 5.92 Å². The number of aliphatic hydroxyl groups is 1. The second kappa shape index (κ2) is 5.09. The summed E-state index contributed by atoms with van der Waals surface area (Å²) in [4.78, 5) is 22.1. The molecule has 0 aliphatic heterocycles. The molecular formula is C9H17NO5. The molecular weight excluding hydrogens is 202 g/mol. The molecule has 0 aromatic carbocycles. The average Bonchev–Trinajstić information content (AvgIpc) is 1.99. The van der Waals surface area contributed by atoms with E-state index in [1.165, 1.54) is 0 Å². The van der Waals surface area contributed by atoms with Crippen molar-refractivity contribution in [2.75, 3.05) is 6.54 Å². The molecule has 0 aliphatic carbocycles. The number of carboxylic acid groups (broad SMARTS) is 1. The molecule has 0 saturated heterocycles. The summed E-state index contributed by atoms with van der Waals surface area (Å²) in [6.07, 6.45) is -1.43. The summed E-state index contributed by atoms with van der Waals surface area (Å²) in [5.74, 6) is -4.05. The number of carbonyl (C=O) groups excluding carboxylic acids is 1. The number of carboxylic acids is 1. The SMILES string of the molecule is CC(C)(C)OC(=O)[C@H](C(=O)O)[C@H](O)CN. The van der Waals surface area contributed by atoms with E-state index in [1.54, 1.807) is 20.8 Å². The largest absolute Gasteiger partial charge is 0.481 e. The number of ether oxygens (including phenoxy) is 1. The van der Waals surface area contributed by atoms with Gasteiger partial charge in [-0.2, -0.15) is 0 Å². The zero-order valence-electron chi connectivity index (χ0n) is 9.06. The summed E-state index contributed by atoms with van der Waals surface area (Å²) >= 11 is 0. The summed E-state index contributed by atoms with van der Waals surface area (Å²) < 4.78 is 4.85. The lowest BCUT2D eigenvalue weighted by Gasteiger charge is -2.23. The lowest BCUT2D eigenvalue weighted by atomic mass is 10.0. The van der Waals surface area contributed by atoms with Gasteiger partial charge in [-0.15, -0.1) is 0 Å². The van der Waals surface area contributed by atoms with Crippen molar-refractivity contribution in [1.82, 2.24) is 0 Å². The zero-order chi connectivity index (χ0) is 12.2. The molecule has 4 N–H and O–H groups in total. The maximum Gasteiger partial charge on any atom is 0.323 e. The van der Waals surface area contributed by atoms with E-state index in [0.29, 0.717) is 0 Å². The lowest BCUT2D eigenvalue weighted by Crippen LogP contribution is -2.42. The molecule has 0 bridgehead atoms. The van der Waals surface area contributed by atoms with Gasteiger partial charge in [0.25, 0.3) is 0 Å². The molecule has 0 spiro atoms. The Kier molecular flexibility index (Phi) is 4.70. The van der Waals surface area contributed by atoms with Crippen LogP contribution in [0.15, 0.2) is 0 Å². The highest BCUT2D eigenvalue weighted by Gasteiger charge is 2.36. The van der Waals surface area contributed by atoms with Crippen molar-refractivity contribution in [3.8, 4) is 0 Å². The highest BCUT2D eigenvalue weighted by atomic mass is 16.6. The van der Waals surface area contributed by atoms with Gasteiger partial charge in [0.15, 0.2) is 5.92 Å². The van der Waals surface area contributed by atoms with Crippen molar-refractivity contribution in [2.45, 2.75) is 32.5 Å². The molecule has 0 heterocycles. The summed E-state index contributed by atoms with van der Waals surface area (Å²) in [6, 6.07) is 0. The molecule has 6 heteroatoms. The van der Waals surface area contributed by atoms with Crippen molar-refractivity contribution in [3.05, 3.63) is 0 Å². The van der Waals surface area contributed by atoms with Gasteiger partial charge in [0.1, 0.15) is 5.60 Å². The van der Waals surface area contributed by atoms with Gasteiger partial charge in [0.2, 0.25) is 0 Å². The summed E-state index contributed by atoms with van der Waals surface area (Å²) in [5, 5.41) is 18.0. The monoisotopic (exact) mass is 219 g/mol. The number of aliphatic carboxylic acids is 1. The zero-order valence-corrected chi connectivity index (χ0v) is 9.06. The molecule has 0 aliphatic rings. The molecule has 6 nitrogen and oxygen atoms in total. The first-order valence-electron chi connectivity index (χ1n) is 4.53. The van der Waals surface area contributed by atoms with Crippen LogP contribution in [0.1, 0.15) is 20.8 Å². The van der Waals surface area contributed by atoms with E-state index in [0.717, 1.165) is 0 Å². The molecule has 0 radical (unpaired) electrons. The highest BCUT2D eigenvalue weighted by molar-refractivity contribution is 5.94. The third kappa shape index (κ3) is 4.75. The third-order valence-corrected chi connectivity index (χ3v) is 1.55. The third-order valence-electron chi connectivity index (χ3n) is 1.55. The van der Waals surface area contributed by atoms with E-state index in [2.05, 4.69) is 0 Å². The van der Waals surface area contributed by atoms with Gasteiger partial charge in [-0.25, -0.2) is 0 Å². The van der Waals surface area contributed by atoms with Gasteiger partial charge in [0.05, 0.1) is 6.10 Å². The van der Waals surface area contributed by atoms with Crippen molar-refractivity contribution >= 4 is 11.9 Å². The quantitative estimate of drug-likeness (QED) is 0.428. The maximum atomic E-state index is 11.4. The summed E-state index contributed by atoms with van der Waals surface area (Å²) in [7, 11) is 0. The van der Waals surface area contributed by atoms with E-state index in [4.69, 9.17) is 15.6 Å². The van der Waals surface area contributed by atoms with Gasteiger partial charge in [-0.05, 0) is 20.8 Å². The normalized spacial score (nSPS) is 15.5. The number of esters is 1. The number of hydrogen-bond donors (Lipinski definition) is 3. The Morgan fingerprint density at radius 1 is 1.40 bits per heavy atom. The van der Waals surface area contributed by atoms with Crippen molar-refractivity contribution in [2.24, 2.45) is 11.7 Å². The fourth-order valence-corrected chi connectivity index (χ4v) is 0.924. The molecule has 88 valence electrons. The molecule has 0 aromatic heterocycles. The standard InChI is InChI=1S/C9H17NO5/c1-9(2,3)15-8(14)6(7(12)13)5(11)4-10/h5-6,11H,4,10H2,1-3H3,(H,12,13)/t5-,6+/m1/s1. The molecule has 0 fully saturated rings. The van der Waals surface area contributed by atoms with Gasteiger partial charge in [-0.3, -0.25) is 9.59 Å². The molecule has 0 amide bonds. The lowest BCUT2D eigenvalue weighted by molar-refractivity contribution is -0.171. The van der Waals surface area contributed by atoms with Crippen molar-refractivity contribution < 1.29 is 24.5 Å². The first-order valence-corrected chi connectivity index (χ1v) is 4.53. The highest BCUT2D eigenvalue weighted by Crippen LogP contribution is 2.14. The van der Waals surface area contributed by atoms with Crippen LogP contribution in [0.2, 0.25) is 0 Å². The van der Waals surface area contributed by atoms with Crippen LogP contribution in [0.25, 0.3) is 0 Å². The van der Waals surface area contributed by atoms with Gasteiger partial charge >= 0.3 is 11.9 Å². The Labute approximate surface area is 88.0 Å². The van der Waals surface area contributed by atoms with Crippen LogP contribution in [-0.2, 0) is 14.3 Å². The minimum atomic E-state index is -1.63. The van der Waals surface area contributed by atoms with Crippen LogP contribution in [0.4, 0.5) is 0 Å². The molecule has 0 rings (SSSR count). The van der Waals surface area contributed by atoms with Gasteiger partial charge in [0, 0.05) is 6.54 Å². The molecule has 0 aromatic rings. The summed E-state index contributed by atoms with van der Waals surface area (Å²) in [5.41, 5.74) is 4.30. The first kappa shape index (κ1) is 13.9. The van der Waals surface area contributed by atoms with E-state index in [1.807, 2.05) is 0 Å². The fraction of sp³-hybridized carbons (Fsp3) is 0.778. The van der Waals surface area contributed by atoms with Gasteiger partial charge in [-0.1, -0.05) is 0 Å². The molecule has 0 saturated carbocycles. The summed E-state index contributed by atoms with van der Waals surface area (Å²) in [6.45, 7) is 4.52. The molecule has 2 atom stereocenters. The van der Waals surface area contributed by atoms with Crippen LogP contribution < -0.4 is 5.73 Å². The van der Waals surface area contributed by atoms with E-state index < -0.39 is 29.6 Å². The van der Waals surface area contributed by atoms with E-state index in [9.17, 15) is 14.7 Å². The first-order chi connectivity index (χ1) is 6.69. The molecule has 15 heavy (non-hydrogen) atoms. The van der Waals surface area contributed by atoms with Crippen LogP contribution in [0.3, 0.4) is 0 Å². The van der Waals surface area contributed by atoms with Crippen LogP contribution >= 0.6 is 0 Å². The number of carbonyl (C=O) groups is 2. The topological polar surface area (TPSA) is 110 Å². The number of aliphatic hydroxyl groups excluding tert-OH is 1. The maximum absolute atomic E-state index is 11.4. The minimum absolute atomic E-state index is 0.309. The average molecular weight is 219 g/mol. The Bertz CT molecular complexity index is 245. The predicted octanol–water partition coefficient (Wildman–Crippen LogP) is -0.651. The number of hydrogen-bond acceptors (Lipinski definition) is 5. The van der Waals surface area contributed by atoms with Crippen molar-refractivity contribution in [1.29, 1.82) is 0 Å². The second-order valence-electron chi connectivity index (χ2n) is 4.15. The Morgan fingerprint density at radius 2 is 1.87 bits per heavy atom. The Hall–Kier alpha value is -1.14. The Morgan fingerprint density at radius 3 is 2.13 bits per heavy atom. The van der Waals surface area contributed by atoms with Gasteiger partial charge < -0.3 is 20.7 Å². The molecule has 0 unspecified atom stereocenters. The van der Waals surface area contributed by atoms with E-state index in [-0.39, 0.29) is 6.54 Å². The fourth-order valence-electron chi connectivity index (χ4n) is 0.924. The number of nitrogens with two attached hydrogens (primary N) is 1. The number of rotatable bonds is 4. The Balaban J connectivity index is 4.65. The van der Waals surface area contributed by atoms with E-state index >= 15 is 0 Å². The van der Waals surface area contributed by atoms with Crippen molar-refractivity contribution in [3.63, 3.8) is 0 Å². The van der Waals surface area contributed by atoms with Crippen LogP contribution in [0.5, 0.6) is 0 Å².